The van der Waals surface area contributed by atoms with Crippen LogP contribution >= 0.6 is 11.6 Å². The number of guanidine groups is 1. The van der Waals surface area contributed by atoms with Gasteiger partial charge in [-0.05, 0) is 18.4 Å². The molecule has 0 saturated heterocycles. The second-order valence-corrected chi connectivity index (χ2v) is 7.37. The number of nitrogens with zero attached hydrogens (tertiary/aromatic N) is 3. The number of amides is 1. The summed E-state index contributed by atoms with van der Waals surface area (Å²) in [5.74, 6) is -0.635. The van der Waals surface area contributed by atoms with Crippen molar-refractivity contribution >= 4 is 41.1 Å². The molecular formula is C20H24ClN7O3. The molecule has 0 radical (unpaired) electrons. The lowest BCUT2D eigenvalue weighted by atomic mass is 10.1. The number of nitrogens with two attached hydrogens (primary N) is 2. The Balaban J connectivity index is 1.33. The maximum Gasteiger partial charge on any atom is 0.306 e. The molecule has 1 aliphatic rings. The van der Waals surface area contributed by atoms with Crippen LogP contribution in [0.2, 0.25) is 5.15 Å². The van der Waals surface area contributed by atoms with E-state index in [1.165, 1.54) is 0 Å². The molecule has 0 bridgehead atoms. The van der Waals surface area contributed by atoms with Gasteiger partial charge >= 0.3 is 5.97 Å². The highest BCUT2D eigenvalue weighted by atomic mass is 35.5. The first-order valence-electron chi connectivity index (χ1n) is 9.82. The van der Waals surface area contributed by atoms with Crippen LogP contribution in [0.5, 0.6) is 0 Å². The van der Waals surface area contributed by atoms with Crippen LogP contribution in [0.3, 0.4) is 0 Å². The Morgan fingerprint density at radius 1 is 1.16 bits per heavy atom. The van der Waals surface area contributed by atoms with Gasteiger partial charge in [-0.2, -0.15) is 0 Å². The Morgan fingerprint density at radius 2 is 1.94 bits per heavy atom. The van der Waals surface area contributed by atoms with Gasteiger partial charge in [0.2, 0.25) is 0 Å². The summed E-state index contributed by atoms with van der Waals surface area (Å²) in [6, 6.07) is 9.62. The van der Waals surface area contributed by atoms with Crippen LogP contribution in [0.25, 0.3) is 0 Å². The summed E-state index contributed by atoms with van der Waals surface area (Å²) < 4.78 is 5.27. The number of ether oxygens (including phenoxy) is 1. The van der Waals surface area contributed by atoms with Gasteiger partial charge in [0, 0.05) is 12.5 Å². The molecule has 2 aromatic rings. The van der Waals surface area contributed by atoms with Crippen molar-refractivity contribution in [3.8, 4) is 0 Å². The van der Waals surface area contributed by atoms with E-state index >= 15 is 0 Å². The Bertz CT molecular complexity index is 969. The highest BCUT2D eigenvalue weighted by molar-refractivity contribution is 6.31. The van der Waals surface area contributed by atoms with Gasteiger partial charge in [0.15, 0.2) is 28.4 Å². The van der Waals surface area contributed by atoms with E-state index in [0.29, 0.717) is 25.3 Å². The second-order valence-electron chi connectivity index (χ2n) is 7.01. The minimum atomic E-state index is -0.583. The molecule has 6 N–H and O–H groups in total. The van der Waals surface area contributed by atoms with E-state index in [1.807, 2.05) is 30.3 Å². The van der Waals surface area contributed by atoms with Crippen LogP contribution in [0, 0.1) is 0 Å². The summed E-state index contributed by atoms with van der Waals surface area (Å²) in [4.78, 5) is 36.1. The lowest BCUT2D eigenvalue weighted by Gasteiger charge is -2.12. The Kier molecular flexibility index (Phi) is 7.60. The number of hydrogen-bond acceptors (Lipinski definition) is 9. The molecule has 31 heavy (non-hydrogen) atoms. The quantitative estimate of drug-likeness (QED) is 0.352. The van der Waals surface area contributed by atoms with Gasteiger partial charge < -0.3 is 21.5 Å². The summed E-state index contributed by atoms with van der Waals surface area (Å²) in [6.45, 7) is 0.798. The maximum atomic E-state index is 12.3. The van der Waals surface area contributed by atoms with E-state index in [1.54, 1.807) is 0 Å². The summed E-state index contributed by atoms with van der Waals surface area (Å²) in [5, 5.41) is 5.63. The number of aromatic nitrogens is 2. The number of halogens is 1. The van der Waals surface area contributed by atoms with Crippen LogP contribution in [0.1, 0.15) is 41.7 Å². The summed E-state index contributed by atoms with van der Waals surface area (Å²) >= 11 is 5.80. The Hall–Kier alpha value is -3.40. The molecule has 1 aliphatic heterocycles. The average molecular weight is 446 g/mol. The first-order chi connectivity index (χ1) is 14.9. The summed E-state index contributed by atoms with van der Waals surface area (Å²) in [5.41, 5.74) is 12.0. The van der Waals surface area contributed by atoms with Crippen LogP contribution in [0.4, 0.5) is 11.6 Å². The normalized spacial score (nSPS) is 15.1. The largest absolute Gasteiger partial charge is 0.461 e. The fourth-order valence-electron chi connectivity index (χ4n) is 2.97. The molecule has 11 heteroatoms. The van der Waals surface area contributed by atoms with Crippen molar-refractivity contribution < 1.29 is 14.3 Å². The molecular weight excluding hydrogens is 422 g/mol. The van der Waals surface area contributed by atoms with Crippen molar-refractivity contribution in [2.24, 2.45) is 4.99 Å². The number of unbranched alkanes of at least 4 members (excludes halogenated alkanes) is 1. The van der Waals surface area contributed by atoms with E-state index in [-0.39, 0.29) is 41.1 Å². The van der Waals surface area contributed by atoms with Crippen LogP contribution in [-0.4, -0.2) is 40.4 Å². The van der Waals surface area contributed by atoms with Crippen molar-refractivity contribution in [1.82, 2.24) is 20.6 Å². The second kappa shape index (κ2) is 10.6. The number of anilines is 2. The zero-order valence-electron chi connectivity index (χ0n) is 16.8. The number of nitrogens with one attached hydrogen (secondary N) is 2. The zero-order chi connectivity index (χ0) is 22.2. The molecule has 1 aromatic heterocycles. The highest BCUT2D eigenvalue weighted by Gasteiger charge is 2.22. The van der Waals surface area contributed by atoms with E-state index in [4.69, 9.17) is 27.8 Å². The number of carbonyl (C=O) groups excluding carboxylic acids is 2. The molecule has 10 nitrogen and oxygen atoms in total. The number of esters is 1. The van der Waals surface area contributed by atoms with E-state index < -0.39 is 5.91 Å². The molecule has 0 saturated carbocycles. The predicted octanol–water partition coefficient (Wildman–Crippen LogP) is 1.66. The molecule has 0 fully saturated rings. The first-order valence-corrected chi connectivity index (χ1v) is 10.2. The van der Waals surface area contributed by atoms with E-state index in [9.17, 15) is 9.59 Å². The highest BCUT2D eigenvalue weighted by Crippen LogP contribution is 2.17. The molecule has 2 heterocycles. The Morgan fingerprint density at radius 3 is 2.71 bits per heavy atom. The third kappa shape index (κ3) is 6.54. The number of benzene rings is 1. The fraction of sp³-hybridized carbons (Fsp3) is 0.350. The smallest absolute Gasteiger partial charge is 0.306 e. The summed E-state index contributed by atoms with van der Waals surface area (Å²) in [6.07, 6.45) is 2.69. The average Bonchev–Trinajstić information content (AvgIpc) is 3.20. The van der Waals surface area contributed by atoms with Crippen LogP contribution in [-0.2, 0) is 16.1 Å². The maximum absolute atomic E-state index is 12.3. The van der Waals surface area contributed by atoms with Gasteiger partial charge in [0.1, 0.15) is 6.61 Å². The number of carbonyl (C=O) groups is 2. The van der Waals surface area contributed by atoms with Crippen molar-refractivity contribution in [2.45, 2.75) is 38.3 Å². The first kappa shape index (κ1) is 22.3. The predicted molar refractivity (Wildman–Crippen MR) is 117 cm³/mol. The number of rotatable bonds is 8. The minimum absolute atomic E-state index is 0.0453. The molecule has 164 valence electrons. The zero-order valence-corrected chi connectivity index (χ0v) is 17.6. The number of aliphatic imine (C=N–C) groups is 1. The van der Waals surface area contributed by atoms with Crippen LogP contribution < -0.4 is 22.1 Å². The molecule has 0 aliphatic carbocycles. The lowest BCUT2D eigenvalue weighted by Crippen LogP contribution is -2.42. The van der Waals surface area contributed by atoms with E-state index in [2.05, 4.69) is 25.6 Å². The van der Waals surface area contributed by atoms with Gasteiger partial charge in [-0.25, -0.2) is 9.97 Å². The minimum Gasteiger partial charge on any atom is -0.461 e. The number of nitrogen functional groups attached to an aromatic ring is 2. The molecule has 0 spiro atoms. The van der Waals surface area contributed by atoms with Gasteiger partial charge in [0.05, 0.1) is 6.54 Å². The lowest BCUT2D eigenvalue weighted by molar-refractivity contribution is -0.145. The molecule has 1 amide bonds. The van der Waals surface area contributed by atoms with Gasteiger partial charge in [0.25, 0.3) is 5.91 Å². The molecule has 3 rings (SSSR count). The molecule has 1 aromatic carbocycles. The Labute approximate surface area is 184 Å². The van der Waals surface area contributed by atoms with Gasteiger partial charge in [-0.3, -0.25) is 19.9 Å². The fourth-order valence-corrected chi connectivity index (χ4v) is 3.10. The van der Waals surface area contributed by atoms with Crippen molar-refractivity contribution in [1.29, 1.82) is 0 Å². The molecule has 1 atom stereocenters. The standard InChI is InChI=1S/C20H24ClN7O3/c21-16-18(23)27-17(22)15(26-16)19(30)28-20-24-10-13(25-20)8-4-5-9-14(29)31-11-12-6-2-1-3-7-12/h1-3,6-7,13H,4-5,8-11H2,(H4,22,23,27)(H2,24,25,28,30)/t13-/m0/s1. The SMILES string of the molecule is Nc1nc(N)c(C(=O)NC2=NC[C@H](CCCCC(=O)OCc3ccccc3)N2)nc1Cl. The van der Waals surface area contributed by atoms with Crippen LogP contribution in [0.15, 0.2) is 35.3 Å². The van der Waals surface area contributed by atoms with Crippen molar-refractivity contribution in [3.05, 3.63) is 46.7 Å². The summed E-state index contributed by atoms with van der Waals surface area (Å²) in [7, 11) is 0. The third-order valence-corrected chi connectivity index (χ3v) is 4.87. The topological polar surface area (TPSA) is 158 Å². The van der Waals surface area contributed by atoms with E-state index in [0.717, 1.165) is 18.4 Å². The van der Waals surface area contributed by atoms with Gasteiger partial charge in [-0.15, -0.1) is 0 Å². The monoisotopic (exact) mass is 445 g/mol. The third-order valence-electron chi connectivity index (χ3n) is 4.59. The van der Waals surface area contributed by atoms with Crippen molar-refractivity contribution in [2.75, 3.05) is 18.0 Å². The number of hydrogen-bond donors (Lipinski definition) is 4. The van der Waals surface area contributed by atoms with Crippen molar-refractivity contribution in [3.63, 3.8) is 0 Å². The van der Waals surface area contributed by atoms with Gasteiger partial charge in [-0.1, -0.05) is 48.4 Å². The molecule has 0 unspecified atom stereocenters.